The number of anilines is 1. The Balaban J connectivity index is 1.76. The minimum atomic E-state index is -0.157. The van der Waals surface area contributed by atoms with E-state index in [4.69, 9.17) is 0 Å². The number of hydrogen-bond acceptors (Lipinski definition) is 2. The molecule has 0 fully saturated rings. The van der Waals surface area contributed by atoms with Crippen LogP contribution in [0.2, 0.25) is 0 Å². The molecule has 120 valence electrons. The van der Waals surface area contributed by atoms with Gasteiger partial charge in [0.05, 0.1) is 0 Å². The summed E-state index contributed by atoms with van der Waals surface area (Å²) in [6.45, 7) is 6.62. The molecule has 0 radical (unpaired) electrons. The second-order valence-corrected chi connectivity index (χ2v) is 6.39. The van der Waals surface area contributed by atoms with Crippen LogP contribution in [0.25, 0.3) is 0 Å². The fourth-order valence-electron chi connectivity index (χ4n) is 3.01. The molecule has 0 saturated carbocycles. The van der Waals surface area contributed by atoms with Crippen LogP contribution in [0.4, 0.5) is 10.5 Å². The molecule has 1 aromatic carbocycles. The predicted molar refractivity (Wildman–Crippen MR) is 97.1 cm³/mol. The molecule has 4 heteroatoms. The van der Waals surface area contributed by atoms with E-state index in [2.05, 4.69) is 49.4 Å². The van der Waals surface area contributed by atoms with Crippen LogP contribution in [0.1, 0.15) is 30.4 Å². The van der Waals surface area contributed by atoms with Crippen molar-refractivity contribution in [3.05, 3.63) is 42.0 Å². The molecular formula is C18H26N2OS. The number of hydrogen-bond donors (Lipinski definition) is 1. The molecule has 0 unspecified atom stereocenters. The van der Waals surface area contributed by atoms with Crippen molar-refractivity contribution < 1.29 is 4.79 Å². The number of thiol groups is 1. The summed E-state index contributed by atoms with van der Waals surface area (Å²) >= 11 is 3.93. The number of aryl methyl sites for hydroxylation is 1. The first-order valence-corrected chi connectivity index (χ1v) is 8.48. The quantitative estimate of drug-likeness (QED) is 0.446. The molecule has 1 aliphatic heterocycles. The molecule has 0 aliphatic carbocycles. The highest BCUT2D eigenvalue weighted by Crippen LogP contribution is 2.30. The van der Waals surface area contributed by atoms with E-state index in [0.29, 0.717) is 0 Å². The number of nitrogens with zero attached hydrogens (tertiary/aromatic N) is 2. The lowest BCUT2D eigenvalue weighted by molar-refractivity contribution is 0.266. The highest BCUT2D eigenvalue weighted by molar-refractivity contribution is 7.96. The Hall–Kier alpha value is -1.26. The van der Waals surface area contributed by atoms with Crippen LogP contribution < -0.4 is 4.90 Å². The summed E-state index contributed by atoms with van der Waals surface area (Å²) in [6.07, 6.45) is 7.71. The summed E-state index contributed by atoms with van der Waals surface area (Å²) in [5, 5.41) is -0.157. The molecule has 1 heterocycles. The zero-order chi connectivity index (χ0) is 15.9. The first-order chi connectivity index (χ1) is 10.6. The standard InChI is InChI=1S/C18H26N2OS/c1-3-11-19(2)12-6-4-5-7-15-8-9-17-16(14-15)10-13-20(17)18(21)22/h3,8-9,14H,1,4-7,10-13H2,2H3,(H,21,22). The number of amides is 1. The van der Waals surface area contributed by atoms with Gasteiger partial charge in [-0.05, 0) is 56.5 Å². The Morgan fingerprint density at radius 3 is 2.95 bits per heavy atom. The van der Waals surface area contributed by atoms with Crippen molar-refractivity contribution in [1.29, 1.82) is 0 Å². The van der Waals surface area contributed by atoms with E-state index in [1.165, 1.54) is 30.4 Å². The summed E-state index contributed by atoms with van der Waals surface area (Å²) in [6, 6.07) is 6.48. The fourth-order valence-corrected chi connectivity index (χ4v) is 3.22. The third-order valence-electron chi connectivity index (χ3n) is 4.22. The number of likely N-dealkylation sites (N-methyl/N-ethyl adjacent to an activating group) is 1. The summed E-state index contributed by atoms with van der Waals surface area (Å²) in [7, 11) is 2.14. The molecule has 0 aromatic heterocycles. The van der Waals surface area contributed by atoms with E-state index in [-0.39, 0.29) is 5.24 Å². The van der Waals surface area contributed by atoms with E-state index < -0.39 is 0 Å². The van der Waals surface area contributed by atoms with Gasteiger partial charge in [-0.25, -0.2) is 0 Å². The Morgan fingerprint density at radius 1 is 1.41 bits per heavy atom. The minimum absolute atomic E-state index is 0.157. The summed E-state index contributed by atoms with van der Waals surface area (Å²) in [4.78, 5) is 15.5. The van der Waals surface area contributed by atoms with E-state index in [1.54, 1.807) is 4.90 Å². The summed E-state index contributed by atoms with van der Waals surface area (Å²) < 4.78 is 0. The number of benzene rings is 1. The molecule has 3 nitrogen and oxygen atoms in total. The second-order valence-electron chi connectivity index (χ2n) is 6.01. The number of fused-ring (bicyclic) bond motifs is 1. The van der Waals surface area contributed by atoms with Crippen molar-refractivity contribution in [2.45, 2.75) is 32.1 Å². The van der Waals surface area contributed by atoms with Crippen LogP contribution in [-0.2, 0) is 12.8 Å². The molecule has 0 atom stereocenters. The lowest BCUT2D eigenvalue weighted by Crippen LogP contribution is -2.22. The average molecular weight is 318 g/mol. The van der Waals surface area contributed by atoms with Crippen LogP contribution in [0.5, 0.6) is 0 Å². The van der Waals surface area contributed by atoms with Crippen molar-refractivity contribution in [2.24, 2.45) is 0 Å². The SMILES string of the molecule is C=CCN(C)CCCCCc1ccc2c(c1)CCN2C(=O)S. The van der Waals surface area contributed by atoms with Crippen LogP contribution >= 0.6 is 12.6 Å². The van der Waals surface area contributed by atoms with Crippen molar-refractivity contribution in [3.8, 4) is 0 Å². The predicted octanol–water partition coefficient (Wildman–Crippen LogP) is 3.93. The maximum atomic E-state index is 11.4. The van der Waals surface area contributed by atoms with E-state index in [9.17, 15) is 4.79 Å². The average Bonchev–Trinajstić information content (AvgIpc) is 2.90. The van der Waals surface area contributed by atoms with Crippen LogP contribution in [-0.4, -0.2) is 36.8 Å². The lowest BCUT2D eigenvalue weighted by atomic mass is 10.0. The monoisotopic (exact) mass is 318 g/mol. The van der Waals surface area contributed by atoms with Gasteiger partial charge >= 0.3 is 0 Å². The first kappa shape index (κ1) is 17.1. The van der Waals surface area contributed by atoms with Crippen molar-refractivity contribution in [2.75, 3.05) is 31.6 Å². The van der Waals surface area contributed by atoms with Gasteiger partial charge in [0.2, 0.25) is 0 Å². The Bertz CT molecular complexity index is 530. The first-order valence-electron chi connectivity index (χ1n) is 8.03. The number of carbonyl (C=O) groups excluding carboxylic acids is 1. The van der Waals surface area contributed by atoms with Crippen LogP contribution in [0, 0.1) is 0 Å². The van der Waals surface area contributed by atoms with Gasteiger partial charge in [0, 0.05) is 18.8 Å². The summed E-state index contributed by atoms with van der Waals surface area (Å²) in [5.41, 5.74) is 3.70. The molecule has 0 saturated heterocycles. The van der Waals surface area contributed by atoms with Gasteiger partial charge in [-0.3, -0.25) is 4.79 Å². The molecule has 0 bridgehead atoms. The molecule has 1 aromatic rings. The van der Waals surface area contributed by atoms with Gasteiger partial charge in [-0.2, -0.15) is 0 Å². The lowest BCUT2D eigenvalue weighted by Gasteiger charge is -2.14. The highest BCUT2D eigenvalue weighted by Gasteiger charge is 2.22. The smallest absolute Gasteiger partial charge is 0.283 e. The van der Waals surface area contributed by atoms with Crippen LogP contribution in [0.15, 0.2) is 30.9 Å². The Morgan fingerprint density at radius 2 is 2.23 bits per heavy atom. The Labute approximate surface area is 139 Å². The highest BCUT2D eigenvalue weighted by atomic mass is 32.1. The van der Waals surface area contributed by atoms with E-state index in [1.807, 2.05) is 6.08 Å². The van der Waals surface area contributed by atoms with Crippen molar-refractivity contribution in [3.63, 3.8) is 0 Å². The summed E-state index contributed by atoms with van der Waals surface area (Å²) in [5.74, 6) is 0. The molecule has 0 N–H and O–H groups in total. The van der Waals surface area contributed by atoms with Gasteiger partial charge < -0.3 is 9.80 Å². The molecule has 1 amide bonds. The number of unbranched alkanes of at least 4 members (excludes halogenated alkanes) is 2. The fraction of sp³-hybridized carbons (Fsp3) is 0.500. The molecule has 1 aliphatic rings. The molecule has 2 rings (SSSR count). The van der Waals surface area contributed by atoms with Gasteiger partial charge in [0.25, 0.3) is 5.24 Å². The van der Waals surface area contributed by atoms with Gasteiger partial charge in [-0.15, -0.1) is 6.58 Å². The number of rotatable bonds is 8. The van der Waals surface area contributed by atoms with E-state index in [0.717, 1.165) is 38.2 Å². The zero-order valence-corrected chi connectivity index (χ0v) is 14.3. The minimum Gasteiger partial charge on any atom is -0.303 e. The molecular weight excluding hydrogens is 292 g/mol. The zero-order valence-electron chi connectivity index (χ0n) is 13.4. The Kier molecular flexibility index (Phi) is 6.52. The van der Waals surface area contributed by atoms with Crippen molar-refractivity contribution >= 4 is 23.6 Å². The van der Waals surface area contributed by atoms with Crippen LogP contribution in [0.3, 0.4) is 0 Å². The van der Waals surface area contributed by atoms with Gasteiger partial charge in [0.15, 0.2) is 0 Å². The third-order valence-corrected chi connectivity index (χ3v) is 4.46. The maximum absolute atomic E-state index is 11.4. The van der Waals surface area contributed by atoms with Gasteiger partial charge in [-0.1, -0.05) is 37.3 Å². The second kappa shape index (κ2) is 8.39. The maximum Gasteiger partial charge on any atom is 0.283 e. The van der Waals surface area contributed by atoms with Gasteiger partial charge in [0.1, 0.15) is 0 Å². The van der Waals surface area contributed by atoms with E-state index >= 15 is 0 Å². The van der Waals surface area contributed by atoms with Crippen molar-refractivity contribution in [1.82, 2.24) is 4.90 Å². The number of carbonyl (C=O) groups is 1. The largest absolute Gasteiger partial charge is 0.303 e. The third kappa shape index (κ3) is 4.62. The topological polar surface area (TPSA) is 23.6 Å². The molecule has 0 spiro atoms. The molecule has 22 heavy (non-hydrogen) atoms. The normalized spacial score (nSPS) is 13.5.